The number of hydrogen-bond acceptors (Lipinski definition) is 4. The third-order valence-corrected chi connectivity index (χ3v) is 8.12. The Balaban J connectivity index is 2.41. The smallest absolute Gasteiger partial charge is 0.340 e. The van der Waals surface area contributed by atoms with E-state index < -0.39 is 22.9 Å². The van der Waals surface area contributed by atoms with Crippen LogP contribution in [0, 0.1) is 13.8 Å². The molecular formula is C19H25O6PS. The standard InChI is InChI=1S/C19H25O6PS/c1-12(2)17-9-15(5-6-19(17)20)10-18-13(3)7-16(8-14(18)4)27(24,25)11-26(21,22)23/h5-9,12,20H,10-11H2,1-4H3,(H2,21,22,23). The minimum absolute atomic E-state index is 0.0850. The van der Waals surface area contributed by atoms with Gasteiger partial charge in [0.15, 0.2) is 15.3 Å². The molecule has 148 valence electrons. The molecule has 0 aliphatic carbocycles. The topological polar surface area (TPSA) is 112 Å². The summed E-state index contributed by atoms with van der Waals surface area (Å²) >= 11 is 0. The number of phenolic OH excluding ortho intramolecular Hbond substituents is 1. The Morgan fingerprint density at radius 2 is 1.59 bits per heavy atom. The lowest BCUT2D eigenvalue weighted by Crippen LogP contribution is -2.09. The summed E-state index contributed by atoms with van der Waals surface area (Å²) in [6.45, 7) is 7.55. The highest BCUT2D eigenvalue weighted by Gasteiger charge is 2.27. The van der Waals surface area contributed by atoms with Crippen molar-refractivity contribution in [3.8, 4) is 5.75 Å². The second kappa shape index (κ2) is 7.76. The van der Waals surface area contributed by atoms with E-state index in [1.807, 2.05) is 26.0 Å². The molecule has 0 radical (unpaired) electrons. The van der Waals surface area contributed by atoms with Gasteiger partial charge >= 0.3 is 7.60 Å². The van der Waals surface area contributed by atoms with E-state index >= 15 is 0 Å². The minimum atomic E-state index is -4.68. The lowest BCUT2D eigenvalue weighted by Gasteiger charge is -2.15. The van der Waals surface area contributed by atoms with Crippen molar-refractivity contribution in [3.63, 3.8) is 0 Å². The van der Waals surface area contributed by atoms with Gasteiger partial charge in [0.25, 0.3) is 0 Å². The van der Waals surface area contributed by atoms with Crippen LogP contribution in [0.4, 0.5) is 0 Å². The molecule has 0 amide bonds. The summed E-state index contributed by atoms with van der Waals surface area (Å²) < 4.78 is 35.6. The monoisotopic (exact) mass is 412 g/mol. The van der Waals surface area contributed by atoms with Crippen LogP contribution < -0.4 is 0 Å². The average molecular weight is 412 g/mol. The Morgan fingerprint density at radius 3 is 2.07 bits per heavy atom. The van der Waals surface area contributed by atoms with Crippen LogP contribution in [-0.2, 0) is 20.8 Å². The normalized spacial score (nSPS) is 12.6. The summed E-state index contributed by atoms with van der Waals surface area (Å²) in [5, 5.41) is 9.97. The van der Waals surface area contributed by atoms with Gasteiger partial charge in [0.2, 0.25) is 0 Å². The zero-order valence-electron chi connectivity index (χ0n) is 15.8. The average Bonchev–Trinajstić information content (AvgIpc) is 2.49. The van der Waals surface area contributed by atoms with Crippen molar-refractivity contribution in [1.82, 2.24) is 0 Å². The van der Waals surface area contributed by atoms with Crippen LogP contribution in [0.5, 0.6) is 5.75 Å². The SMILES string of the molecule is Cc1cc(S(=O)(=O)CP(=O)(O)O)cc(C)c1Cc1ccc(O)c(C(C)C)c1. The summed E-state index contributed by atoms with van der Waals surface area (Å²) in [7, 11) is -8.75. The molecule has 0 fully saturated rings. The van der Waals surface area contributed by atoms with E-state index in [2.05, 4.69) is 0 Å². The van der Waals surface area contributed by atoms with E-state index in [9.17, 15) is 18.1 Å². The molecule has 6 nitrogen and oxygen atoms in total. The third kappa shape index (κ3) is 5.42. The van der Waals surface area contributed by atoms with Crippen LogP contribution in [0.15, 0.2) is 35.2 Å². The molecule has 0 aliphatic rings. The van der Waals surface area contributed by atoms with E-state index in [4.69, 9.17) is 9.79 Å². The number of phenols is 1. The van der Waals surface area contributed by atoms with E-state index in [0.29, 0.717) is 6.42 Å². The van der Waals surface area contributed by atoms with Crippen LogP contribution >= 0.6 is 7.60 Å². The van der Waals surface area contributed by atoms with Gasteiger partial charge in [-0.3, -0.25) is 4.57 Å². The lowest BCUT2D eigenvalue weighted by atomic mass is 9.93. The number of aryl methyl sites for hydroxylation is 2. The van der Waals surface area contributed by atoms with E-state index in [1.165, 1.54) is 12.1 Å². The fourth-order valence-corrected chi connectivity index (χ4v) is 6.17. The quantitative estimate of drug-likeness (QED) is 0.625. The maximum absolute atomic E-state index is 12.3. The summed E-state index contributed by atoms with van der Waals surface area (Å²) in [6, 6.07) is 8.35. The van der Waals surface area contributed by atoms with Gasteiger partial charge in [0.05, 0.1) is 4.90 Å². The molecule has 0 aromatic heterocycles. The first kappa shape index (κ1) is 21.6. The van der Waals surface area contributed by atoms with Crippen molar-refractivity contribution in [2.75, 3.05) is 5.49 Å². The Bertz CT molecular complexity index is 982. The Labute approximate surface area is 160 Å². The number of sulfone groups is 1. The zero-order valence-corrected chi connectivity index (χ0v) is 17.5. The fourth-order valence-electron chi connectivity index (χ4n) is 3.09. The molecule has 0 unspecified atom stereocenters. The highest BCUT2D eigenvalue weighted by Crippen LogP contribution is 2.38. The minimum Gasteiger partial charge on any atom is -0.508 e. The van der Waals surface area contributed by atoms with Crippen LogP contribution in [0.2, 0.25) is 0 Å². The number of hydrogen-bond donors (Lipinski definition) is 3. The van der Waals surface area contributed by atoms with Crippen LogP contribution in [0.3, 0.4) is 0 Å². The molecule has 0 heterocycles. The van der Waals surface area contributed by atoms with Gasteiger partial charge in [-0.1, -0.05) is 26.0 Å². The van der Waals surface area contributed by atoms with Crippen molar-refractivity contribution >= 4 is 17.4 Å². The van der Waals surface area contributed by atoms with Crippen molar-refractivity contribution in [2.24, 2.45) is 0 Å². The highest BCUT2D eigenvalue weighted by atomic mass is 32.2. The second-order valence-electron chi connectivity index (χ2n) is 7.17. The second-order valence-corrected chi connectivity index (χ2v) is 11.2. The number of aromatic hydroxyl groups is 1. The molecule has 2 rings (SSSR count). The number of rotatable bonds is 6. The van der Waals surface area contributed by atoms with Gasteiger partial charge in [0.1, 0.15) is 5.75 Å². The maximum Gasteiger partial charge on any atom is 0.340 e. The molecule has 0 saturated heterocycles. The third-order valence-electron chi connectivity index (χ3n) is 4.46. The van der Waals surface area contributed by atoms with Crippen molar-refractivity contribution in [2.45, 2.75) is 44.9 Å². The summed E-state index contributed by atoms with van der Waals surface area (Å²) in [5.74, 6) is 0.424. The van der Waals surface area contributed by atoms with Crippen LogP contribution in [-0.4, -0.2) is 28.8 Å². The highest BCUT2D eigenvalue weighted by molar-refractivity contribution is 7.97. The first-order chi connectivity index (χ1) is 12.3. The molecule has 8 heteroatoms. The summed E-state index contributed by atoms with van der Waals surface area (Å²) in [5.41, 5.74) is 3.06. The first-order valence-corrected chi connectivity index (χ1v) is 11.9. The van der Waals surface area contributed by atoms with E-state index in [1.54, 1.807) is 19.9 Å². The molecule has 2 aromatic rings. The molecule has 2 aromatic carbocycles. The maximum atomic E-state index is 12.3. The molecule has 0 atom stereocenters. The van der Waals surface area contributed by atoms with Gasteiger partial charge in [-0.05, 0) is 72.2 Å². The molecule has 27 heavy (non-hydrogen) atoms. The van der Waals surface area contributed by atoms with Crippen LogP contribution in [0.1, 0.15) is 47.6 Å². The van der Waals surface area contributed by atoms with E-state index in [-0.39, 0.29) is 16.6 Å². The van der Waals surface area contributed by atoms with Gasteiger partial charge in [-0.15, -0.1) is 0 Å². The zero-order chi connectivity index (χ0) is 20.6. The first-order valence-electron chi connectivity index (χ1n) is 8.49. The summed E-state index contributed by atoms with van der Waals surface area (Å²) in [6.07, 6.45) is 0.566. The number of benzene rings is 2. The Hall–Kier alpha value is -1.66. The molecule has 0 spiro atoms. The molecular weight excluding hydrogens is 387 g/mol. The van der Waals surface area contributed by atoms with Gasteiger partial charge < -0.3 is 14.9 Å². The van der Waals surface area contributed by atoms with Crippen molar-refractivity contribution in [3.05, 3.63) is 58.1 Å². The fraction of sp³-hybridized carbons (Fsp3) is 0.368. The molecule has 0 saturated carbocycles. The predicted octanol–water partition coefficient (Wildman–Crippen LogP) is 3.63. The molecule has 0 aliphatic heterocycles. The predicted molar refractivity (Wildman–Crippen MR) is 105 cm³/mol. The molecule has 3 N–H and O–H groups in total. The van der Waals surface area contributed by atoms with Crippen molar-refractivity contribution < 1.29 is 27.9 Å². The lowest BCUT2D eigenvalue weighted by molar-refractivity contribution is 0.378. The van der Waals surface area contributed by atoms with Crippen molar-refractivity contribution in [1.29, 1.82) is 0 Å². The van der Waals surface area contributed by atoms with Gasteiger partial charge in [-0.2, -0.15) is 0 Å². The van der Waals surface area contributed by atoms with Gasteiger partial charge in [0, 0.05) is 0 Å². The summed E-state index contributed by atoms with van der Waals surface area (Å²) in [4.78, 5) is 17.9. The Morgan fingerprint density at radius 1 is 1.04 bits per heavy atom. The van der Waals surface area contributed by atoms with E-state index in [0.717, 1.165) is 27.8 Å². The van der Waals surface area contributed by atoms with Crippen LogP contribution in [0.25, 0.3) is 0 Å². The Kier molecular flexibility index (Phi) is 6.22. The molecule has 0 bridgehead atoms. The largest absolute Gasteiger partial charge is 0.508 e. The van der Waals surface area contributed by atoms with Gasteiger partial charge in [-0.25, -0.2) is 8.42 Å².